The molecule has 5 nitrogen and oxygen atoms in total. The quantitative estimate of drug-likeness (QED) is 0.630. The van der Waals surface area contributed by atoms with Crippen LogP contribution in [0.5, 0.6) is 0 Å². The molecule has 132 valence electrons. The first-order chi connectivity index (χ1) is 12.2. The Morgan fingerprint density at radius 2 is 2.12 bits per heavy atom. The Morgan fingerprint density at radius 1 is 1.28 bits per heavy atom. The van der Waals surface area contributed by atoms with Gasteiger partial charge in [0.15, 0.2) is 5.76 Å². The molecule has 0 bridgehead atoms. The number of hydrogen-bond acceptors (Lipinski definition) is 3. The third-order valence-corrected chi connectivity index (χ3v) is 4.53. The van der Waals surface area contributed by atoms with E-state index in [-0.39, 0.29) is 5.91 Å². The number of carbonyl (C=O) groups is 1. The Hall–Kier alpha value is -2.56. The van der Waals surface area contributed by atoms with E-state index in [4.69, 9.17) is 9.40 Å². The van der Waals surface area contributed by atoms with Gasteiger partial charge in [-0.25, -0.2) is 4.98 Å². The van der Waals surface area contributed by atoms with Crippen LogP contribution in [0.3, 0.4) is 0 Å². The summed E-state index contributed by atoms with van der Waals surface area (Å²) in [6, 6.07) is 11.7. The number of benzene rings is 1. The van der Waals surface area contributed by atoms with Gasteiger partial charge in [0.2, 0.25) is 0 Å². The number of imidazole rings is 1. The van der Waals surface area contributed by atoms with Crippen molar-refractivity contribution in [1.82, 2.24) is 14.9 Å². The first kappa shape index (κ1) is 17.3. The van der Waals surface area contributed by atoms with E-state index >= 15 is 0 Å². The molecule has 0 fully saturated rings. The highest BCUT2D eigenvalue weighted by molar-refractivity contribution is 5.91. The summed E-state index contributed by atoms with van der Waals surface area (Å²) in [4.78, 5) is 16.7. The van der Waals surface area contributed by atoms with Crippen molar-refractivity contribution in [2.45, 2.75) is 39.7 Å². The lowest BCUT2D eigenvalue weighted by Crippen LogP contribution is -2.24. The molecule has 3 aromatic rings. The van der Waals surface area contributed by atoms with Gasteiger partial charge in [-0.05, 0) is 36.6 Å². The molecule has 2 aromatic heterocycles. The number of aryl methyl sites for hydroxylation is 1. The summed E-state index contributed by atoms with van der Waals surface area (Å²) in [5.41, 5.74) is 2.23. The molecule has 0 radical (unpaired) electrons. The lowest BCUT2D eigenvalue weighted by atomic mass is 10.1. The predicted molar refractivity (Wildman–Crippen MR) is 98.6 cm³/mol. The van der Waals surface area contributed by atoms with Gasteiger partial charge >= 0.3 is 0 Å². The molecule has 0 aliphatic heterocycles. The summed E-state index contributed by atoms with van der Waals surface area (Å²) in [7, 11) is 0. The first-order valence-electron chi connectivity index (χ1n) is 8.95. The fourth-order valence-electron chi connectivity index (χ4n) is 2.90. The minimum Gasteiger partial charge on any atom is -0.459 e. The minimum atomic E-state index is -0.168. The van der Waals surface area contributed by atoms with Gasteiger partial charge in [-0.1, -0.05) is 32.4 Å². The van der Waals surface area contributed by atoms with Crippen LogP contribution in [0.4, 0.5) is 0 Å². The van der Waals surface area contributed by atoms with Crippen molar-refractivity contribution in [2.24, 2.45) is 5.92 Å². The van der Waals surface area contributed by atoms with Crippen LogP contribution in [0.1, 0.15) is 43.1 Å². The number of rotatable bonds is 8. The van der Waals surface area contributed by atoms with Crippen molar-refractivity contribution in [3.05, 3.63) is 54.2 Å². The van der Waals surface area contributed by atoms with Gasteiger partial charge in [-0.3, -0.25) is 4.79 Å². The molecule has 1 atom stereocenters. The Morgan fingerprint density at radius 3 is 2.88 bits per heavy atom. The van der Waals surface area contributed by atoms with Gasteiger partial charge in [0, 0.05) is 19.5 Å². The topological polar surface area (TPSA) is 60.1 Å². The van der Waals surface area contributed by atoms with Gasteiger partial charge in [-0.15, -0.1) is 0 Å². The normalized spacial score (nSPS) is 12.4. The van der Waals surface area contributed by atoms with E-state index in [2.05, 4.69) is 41.9 Å². The zero-order valence-corrected chi connectivity index (χ0v) is 14.9. The highest BCUT2D eigenvalue weighted by Gasteiger charge is 2.13. The molecular formula is C20H25N3O2. The molecule has 25 heavy (non-hydrogen) atoms. The van der Waals surface area contributed by atoms with Crippen LogP contribution in [0.25, 0.3) is 11.0 Å². The van der Waals surface area contributed by atoms with E-state index in [1.165, 1.54) is 11.8 Å². The summed E-state index contributed by atoms with van der Waals surface area (Å²) < 4.78 is 7.43. The van der Waals surface area contributed by atoms with Crippen LogP contribution >= 0.6 is 0 Å². The van der Waals surface area contributed by atoms with E-state index in [9.17, 15) is 4.79 Å². The van der Waals surface area contributed by atoms with Gasteiger partial charge in [0.1, 0.15) is 5.82 Å². The van der Waals surface area contributed by atoms with E-state index in [0.717, 1.165) is 37.1 Å². The van der Waals surface area contributed by atoms with Crippen LogP contribution in [0.15, 0.2) is 47.1 Å². The summed E-state index contributed by atoms with van der Waals surface area (Å²) >= 11 is 0. The van der Waals surface area contributed by atoms with Crippen molar-refractivity contribution in [2.75, 3.05) is 6.54 Å². The summed E-state index contributed by atoms with van der Waals surface area (Å²) in [6.45, 7) is 6.06. The van der Waals surface area contributed by atoms with Crippen LogP contribution in [-0.4, -0.2) is 22.0 Å². The standard InChI is InChI=1S/C20H25N3O2/c1-3-15(2)14-23-17-9-5-4-8-16(17)22-19(23)11-6-12-21-20(24)18-10-7-13-25-18/h4-5,7-10,13,15H,3,6,11-12,14H2,1-2H3,(H,21,24). The third-order valence-electron chi connectivity index (χ3n) is 4.53. The third kappa shape index (κ3) is 4.10. The number of carbonyl (C=O) groups excluding carboxylic acids is 1. The van der Waals surface area contributed by atoms with Crippen molar-refractivity contribution < 1.29 is 9.21 Å². The molecule has 0 saturated heterocycles. The van der Waals surface area contributed by atoms with E-state index in [1.807, 2.05) is 6.07 Å². The van der Waals surface area contributed by atoms with Crippen molar-refractivity contribution in [1.29, 1.82) is 0 Å². The highest BCUT2D eigenvalue weighted by atomic mass is 16.3. The van der Waals surface area contributed by atoms with Gasteiger partial charge < -0.3 is 14.3 Å². The van der Waals surface area contributed by atoms with E-state index in [0.29, 0.717) is 18.2 Å². The van der Waals surface area contributed by atoms with Gasteiger partial charge in [-0.2, -0.15) is 0 Å². The van der Waals surface area contributed by atoms with E-state index < -0.39 is 0 Å². The maximum atomic E-state index is 11.9. The number of nitrogens with one attached hydrogen (secondary N) is 1. The minimum absolute atomic E-state index is 0.168. The lowest BCUT2D eigenvalue weighted by Gasteiger charge is -2.14. The van der Waals surface area contributed by atoms with Crippen LogP contribution in [0.2, 0.25) is 0 Å². The average molecular weight is 339 g/mol. The van der Waals surface area contributed by atoms with Crippen LogP contribution in [-0.2, 0) is 13.0 Å². The second kappa shape index (κ2) is 8.01. The predicted octanol–water partition coefficient (Wildman–Crippen LogP) is 4.04. The molecule has 5 heteroatoms. The fraction of sp³-hybridized carbons (Fsp3) is 0.400. The SMILES string of the molecule is CCC(C)Cn1c(CCCNC(=O)c2ccco2)nc2ccccc21. The van der Waals surface area contributed by atoms with Crippen molar-refractivity contribution in [3.8, 4) is 0 Å². The number of aromatic nitrogens is 2. The molecule has 0 aliphatic rings. The number of amides is 1. The maximum Gasteiger partial charge on any atom is 0.286 e. The molecule has 0 saturated carbocycles. The molecule has 3 rings (SSSR count). The Kier molecular flexibility index (Phi) is 5.53. The smallest absolute Gasteiger partial charge is 0.286 e. The average Bonchev–Trinajstić information content (AvgIpc) is 3.27. The number of furan rings is 1. The number of nitrogens with zero attached hydrogens (tertiary/aromatic N) is 2. The van der Waals surface area contributed by atoms with Crippen molar-refractivity contribution in [3.63, 3.8) is 0 Å². The van der Waals surface area contributed by atoms with Crippen LogP contribution in [0, 0.1) is 5.92 Å². The molecule has 1 amide bonds. The van der Waals surface area contributed by atoms with Crippen LogP contribution < -0.4 is 5.32 Å². The Balaban J connectivity index is 1.64. The number of fused-ring (bicyclic) bond motifs is 1. The first-order valence-corrected chi connectivity index (χ1v) is 8.95. The summed E-state index contributed by atoms with van der Waals surface area (Å²) in [6.07, 6.45) is 4.33. The number of para-hydroxylation sites is 2. The summed E-state index contributed by atoms with van der Waals surface area (Å²) in [5.74, 6) is 1.88. The monoisotopic (exact) mass is 339 g/mol. The zero-order valence-electron chi connectivity index (χ0n) is 14.9. The molecule has 1 aromatic carbocycles. The fourth-order valence-corrected chi connectivity index (χ4v) is 2.90. The van der Waals surface area contributed by atoms with Crippen molar-refractivity contribution >= 4 is 16.9 Å². The Bertz CT molecular complexity index is 821. The van der Waals surface area contributed by atoms with E-state index in [1.54, 1.807) is 12.1 Å². The highest BCUT2D eigenvalue weighted by Crippen LogP contribution is 2.19. The maximum absolute atomic E-state index is 11.9. The molecule has 2 heterocycles. The van der Waals surface area contributed by atoms with Gasteiger partial charge in [0.05, 0.1) is 17.3 Å². The molecule has 0 aliphatic carbocycles. The van der Waals surface area contributed by atoms with Gasteiger partial charge in [0.25, 0.3) is 5.91 Å². The Labute approximate surface area is 148 Å². The molecule has 0 spiro atoms. The molecule has 1 unspecified atom stereocenters. The largest absolute Gasteiger partial charge is 0.459 e. The zero-order chi connectivity index (χ0) is 17.6. The second-order valence-corrected chi connectivity index (χ2v) is 6.48. The molecule has 1 N–H and O–H groups in total. The summed E-state index contributed by atoms with van der Waals surface area (Å²) in [5, 5.41) is 2.89. The lowest BCUT2D eigenvalue weighted by molar-refractivity contribution is 0.0925. The number of hydrogen-bond donors (Lipinski definition) is 1. The molecular weight excluding hydrogens is 314 g/mol. The second-order valence-electron chi connectivity index (χ2n) is 6.48.